The minimum Gasteiger partial charge on any atom is -0.507 e. The molecule has 136 valence electrons. The summed E-state index contributed by atoms with van der Waals surface area (Å²) in [4.78, 5) is 23.4. The van der Waals surface area contributed by atoms with Crippen molar-refractivity contribution in [3.8, 4) is 28.7 Å². The molecule has 0 amide bonds. The monoisotopic (exact) mass is 382 g/mol. The van der Waals surface area contributed by atoms with E-state index < -0.39 is 67.0 Å². The van der Waals surface area contributed by atoms with Crippen LogP contribution in [0.5, 0.6) is 28.7 Å². The third-order valence-electron chi connectivity index (χ3n) is 3.68. The first-order chi connectivity index (χ1) is 12.0. The van der Waals surface area contributed by atoms with E-state index in [9.17, 15) is 43.0 Å². The van der Waals surface area contributed by atoms with Crippen LogP contribution in [0.3, 0.4) is 0 Å². The van der Waals surface area contributed by atoms with Gasteiger partial charge >= 0.3 is 10.1 Å². The molecule has 10 nitrogen and oxygen atoms in total. The second-order valence-electron chi connectivity index (χ2n) is 5.36. The molecule has 5 N–H and O–H groups in total. The summed E-state index contributed by atoms with van der Waals surface area (Å²) >= 11 is 0. The molecule has 3 rings (SSSR count). The molecule has 0 saturated heterocycles. The van der Waals surface area contributed by atoms with E-state index >= 15 is 0 Å². The van der Waals surface area contributed by atoms with Crippen molar-refractivity contribution in [2.24, 2.45) is 0 Å². The standard InChI is InChI=1S/C15H10O10S/c16-6-2-1-5(3-7(6)17)13-12(21)11(20)10-8(18)4-9(19)15(14(10)25-13)26(22,23)24/h1-4,13,16-19H,(H,22,23,24). The van der Waals surface area contributed by atoms with E-state index in [2.05, 4.69) is 0 Å². The number of rotatable bonds is 2. The van der Waals surface area contributed by atoms with Gasteiger partial charge in [-0.3, -0.25) is 14.1 Å². The van der Waals surface area contributed by atoms with Crippen molar-refractivity contribution in [2.45, 2.75) is 11.0 Å². The van der Waals surface area contributed by atoms with Crippen molar-refractivity contribution >= 4 is 21.7 Å². The summed E-state index contributed by atoms with van der Waals surface area (Å²) in [6, 6.07) is 3.52. The summed E-state index contributed by atoms with van der Waals surface area (Å²) in [7, 11) is -5.09. The van der Waals surface area contributed by atoms with Crippen molar-refractivity contribution in [1.29, 1.82) is 0 Å². The van der Waals surface area contributed by atoms with Gasteiger partial charge in [0.25, 0.3) is 0 Å². The van der Waals surface area contributed by atoms with Crippen LogP contribution in [-0.4, -0.2) is 45.0 Å². The number of ketones is 2. The molecular formula is C15H10O10S. The Morgan fingerprint density at radius 1 is 0.885 bits per heavy atom. The van der Waals surface area contributed by atoms with E-state index in [1.54, 1.807) is 0 Å². The van der Waals surface area contributed by atoms with E-state index in [4.69, 9.17) is 4.74 Å². The van der Waals surface area contributed by atoms with Crippen LogP contribution in [0.4, 0.5) is 0 Å². The number of carbonyl (C=O) groups is 2. The number of fused-ring (bicyclic) bond motifs is 1. The lowest BCUT2D eigenvalue weighted by atomic mass is 9.94. The molecule has 1 unspecified atom stereocenters. The van der Waals surface area contributed by atoms with Crippen LogP contribution in [0.25, 0.3) is 0 Å². The number of hydrogen-bond donors (Lipinski definition) is 5. The summed E-state index contributed by atoms with van der Waals surface area (Å²) in [5.74, 6) is -6.61. The second-order valence-corrected chi connectivity index (χ2v) is 6.72. The van der Waals surface area contributed by atoms with Crippen molar-refractivity contribution in [2.75, 3.05) is 0 Å². The summed E-state index contributed by atoms with van der Waals surface area (Å²) in [5.41, 5.74) is -0.951. The molecule has 2 aromatic carbocycles. The minimum atomic E-state index is -5.09. The summed E-state index contributed by atoms with van der Waals surface area (Å²) in [5, 5.41) is 38.4. The number of phenols is 4. The summed E-state index contributed by atoms with van der Waals surface area (Å²) in [6.07, 6.45) is -1.75. The Bertz CT molecular complexity index is 1070. The number of ether oxygens (including phenoxy) is 1. The predicted molar refractivity (Wildman–Crippen MR) is 82.1 cm³/mol. The zero-order chi connectivity index (χ0) is 19.4. The zero-order valence-electron chi connectivity index (χ0n) is 12.6. The average molecular weight is 382 g/mol. The van der Waals surface area contributed by atoms with Crippen molar-refractivity contribution in [1.82, 2.24) is 0 Å². The van der Waals surface area contributed by atoms with Crippen LogP contribution >= 0.6 is 0 Å². The highest BCUT2D eigenvalue weighted by Gasteiger charge is 2.43. The molecule has 0 radical (unpaired) electrons. The van der Waals surface area contributed by atoms with Crippen LogP contribution in [0.1, 0.15) is 22.0 Å². The Hall–Kier alpha value is -3.31. The lowest BCUT2D eigenvalue weighted by molar-refractivity contribution is -0.122. The molecule has 1 atom stereocenters. The third-order valence-corrected chi connectivity index (χ3v) is 4.59. The quantitative estimate of drug-likeness (QED) is 0.281. The molecule has 0 aliphatic carbocycles. The van der Waals surface area contributed by atoms with Crippen LogP contribution < -0.4 is 4.74 Å². The van der Waals surface area contributed by atoms with E-state index in [0.717, 1.165) is 18.2 Å². The van der Waals surface area contributed by atoms with Gasteiger partial charge in [-0.05, 0) is 12.1 Å². The van der Waals surface area contributed by atoms with Crippen LogP contribution in [-0.2, 0) is 14.9 Å². The Morgan fingerprint density at radius 2 is 1.54 bits per heavy atom. The fourth-order valence-corrected chi connectivity index (χ4v) is 3.24. The van der Waals surface area contributed by atoms with Gasteiger partial charge in [-0.25, -0.2) is 0 Å². The number of Topliss-reactive ketones (excluding diaryl/α,β-unsaturated/α-hetero) is 2. The molecule has 1 heterocycles. The lowest BCUT2D eigenvalue weighted by Gasteiger charge is -2.26. The highest BCUT2D eigenvalue weighted by atomic mass is 32.2. The van der Waals surface area contributed by atoms with Crippen molar-refractivity contribution < 1.29 is 47.7 Å². The maximum atomic E-state index is 12.3. The molecule has 0 fully saturated rings. The highest BCUT2D eigenvalue weighted by molar-refractivity contribution is 7.86. The van der Waals surface area contributed by atoms with Crippen LogP contribution in [0, 0.1) is 0 Å². The first-order valence-corrected chi connectivity index (χ1v) is 8.30. The van der Waals surface area contributed by atoms with Gasteiger partial charge in [-0.15, -0.1) is 0 Å². The largest absolute Gasteiger partial charge is 0.507 e. The van der Waals surface area contributed by atoms with Crippen molar-refractivity contribution in [3.05, 3.63) is 35.4 Å². The maximum Gasteiger partial charge on any atom is 0.301 e. The lowest BCUT2D eigenvalue weighted by Crippen LogP contribution is -2.32. The first kappa shape index (κ1) is 17.5. The summed E-state index contributed by atoms with van der Waals surface area (Å²) < 4.78 is 37.5. The normalized spacial score (nSPS) is 16.9. The Kier molecular flexibility index (Phi) is 3.78. The smallest absolute Gasteiger partial charge is 0.301 e. The van der Waals surface area contributed by atoms with E-state index in [-0.39, 0.29) is 5.56 Å². The molecule has 0 bridgehead atoms. The number of aromatic hydroxyl groups is 4. The number of phenolic OH excluding ortho intramolecular Hbond substituents is 4. The van der Waals surface area contributed by atoms with Gasteiger partial charge in [0.2, 0.25) is 11.6 Å². The zero-order valence-corrected chi connectivity index (χ0v) is 13.4. The topological polar surface area (TPSA) is 179 Å². The van der Waals surface area contributed by atoms with E-state index in [1.807, 2.05) is 0 Å². The SMILES string of the molecule is O=C1C(=O)C(c2ccc(O)c(O)c2)Oc2c1c(O)cc(O)c2S(=O)(=O)O. The second kappa shape index (κ2) is 5.61. The predicted octanol–water partition coefficient (Wildman–Crippen LogP) is 0.641. The van der Waals surface area contributed by atoms with Gasteiger partial charge in [-0.1, -0.05) is 6.07 Å². The summed E-state index contributed by atoms with van der Waals surface area (Å²) in [6.45, 7) is 0. The molecule has 0 spiro atoms. The van der Waals surface area contributed by atoms with Gasteiger partial charge in [0.1, 0.15) is 17.1 Å². The molecular weight excluding hydrogens is 372 g/mol. The van der Waals surface area contributed by atoms with Gasteiger partial charge in [0.05, 0.1) is 0 Å². The molecule has 2 aromatic rings. The van der Waals surface area contributed by atoms with Crippen molar-refractivity contribution in [3.63, 3.8) is 0 Å². The minimum absolute atomic E-state index is 0.117. The van der Waals surface area contributed by atoms with Crippen LogP contribution in [0.15, 0.2) is 29.2 Å². The third kappa shape index (κ3) is 2.59. The molecule has 0 saturated carbocycles. The molecule has 0 aromatic heterocycles. The van der Waals surface area contributed by atoms with Gasteiger partial charge < -0.3 is 25.2 Å². The average Bonchev–Trinajstić information content (AvgIpc) is 2.51. The fourth-order valence-electron chi connectivity index (χ4n) is 2.53. The Morgan fingerprint density at radius 3 is 2.12 bits per heavy atom. The van der Waals surface area contributed by atoms with E-state index in [1.165, 1.54) is 0 Å². The molecule has 1 aliphatic rings. The molecule has 26 heavy (non-hydrogen) atoms. The molecule has 11 heteroatoms. The highest BCUT2D eigenvalue weighted by Crippen LogP contribution is 2.46. The number of carbonyl (C=O) groups excluding carboxylic acids is 2. The van der Waals surface area contributed by atoms with Gasteiger partial charge in [0, 0.05) is 11.6 Å². The number of hydrogen-bond acceptors (Lipinski definition) is 9. The first-order valence-electron chi connectivity index (χ1n) is 6.86. The van der Waals surface area contributed by atoms with Crippen LogP contribution in [0.2, 0.25) is 0 Å². The Labute approximate surface area is 145 Å². The van der Waals surface area contributed by atoms with Gasteiger partial charge in [-0.2, -0.15) is 8.42 Å². The maximum absolute atomic E-state index is 12.3. The van der Waals surface area contributed by atoms with Gasteiger partial charge in [0.15, 0.2) is 28.2 Å². The fraction of sp³-hybridized carbons (Fsp3) is 0.0667. The molecule has 1 aliphatic heterocycles. The van der Waals surface area contributed by atoms with E-state index in [0.29, 0.717) is 6.07 Å². The Balaban J connectivity index is 2.27. The number of benzene rings is 2.